The molecular weight excluding hydrogens is 461 g/mol. The number of alkyl halides is 7. The topological polar surface area (TPSA) is 37.5 Å². The predicted octanol–water partition coefficient (Wildman–Crippen LogP) is 6.08. The van der Waals surface area contributed by atoms with E-state index in [1.807, 2.05) is 0 Å². The van der Waals surface area contributed by atoms with E-state index >= 15 is 0 Å². The van der Waals surface area contributed by atoms with E-state index < -0.39 is 18.1 Å². The standard InChI is InChI=1S/C14H7BrClF7N2O/c15-9-3-1-7(5-10(9)16)11-4-2-8(26-11)6-24-25-14(22,23)12(17,18)13(19,20)21/h1-6,25H/b24-6+. The van der Waals surface area contributed by atoms with Crippen molar-refractivity contribution in [2.24, 2.45) is 5.10 Å². The van der Waals surface area contributed by atoms with Crippen molar-refractivity contribution in [1.29, 1.82) is 0 Å². The molecule has 1 aromatic carbocycles. The Balaban J connectivity index is 2.12. The van der Waals surface area contributed by atoms with Gasteiger partial charge in [0.2, 0.25) is 0 Å². The maximum atomic E-state index is 13.0. The normalized spacial score (nSPS) is 13.4. The van der Waals surface area contributed by atoms with Crippen LogP contribution >= 0.6 is 27.5 Å². The third kappa shape index (κ3) is 4.14. The molecule has 2 rings (SSSR count). The van der Waals surface area contributed by atoms with Gasteiger partial charge in [-0.1, -0.05) is 17.7 Å². The molecule has 0 saturated heterocycles. The van der Waals surface area contributed by atoms with Gasteiger partial charge in [-0.05, 0) is 40.2 Å². The van der Waals surface area contributed by atoms with E-state index in [0.29, 0.717) is 26.7 Å². The van der Waals surface area contributed by atoms with Gasteiger partial charge in [-0.25, -0.2) is 5.43 Å². The van der Waals surface area contributed by atoms with Gasteiger partial charge >= 0.3 is 18.1 Å². The Morgan fingerprint density at radius 2 is 1.69 bits per heavy atom. The first-order valence-corrected chi connectivity index (χ1v) is 7.70. The Kier molecular flexibility index (Phi) is 5.62. The molecule has 0 fully saturated rings. The number of benzene rings is 1. The molecule has 26 heavy (non-hydrogen) atoms. The van der Waals surface area contributed by atoms with E-state index in [2.05, 4.69) is 21.0 Å². The number of nitrogens with zero attached hydrogens (tertiary/aromatic N) is 1. The largest absolute Gasteiger partial charge is 0.462 e. The summed E-state index contributed by atoms with van der Waals surface area (Å²) in [5.41, 5.74) is 1.01. The van der Waals surface area contributed by atoms with Gasteiger partial charge < -0.3 is 4.42 Å². The minimum atomic E-state index is -6.45. The second-order valence-electron chi connectivity index (χ2n) is 4.85. The van der Waals surface area contributed by atoms with E-state index in [4.69, 9.17) is 16.0 Å². The van der Waals surface area contributed by atoms with Gasteiger partial charge in [-0.3, -0.25) is 0 Å². The fourth-order valence-corrected chi connectivity index (χ4v) is 2.08. The third-order valence-electron chi connectivity index (χ3n) is 2.98. The second-order valence-corrected chi connectivity index (χ2v) is 6.11. The molecule has 0 aliphatic rings. The van der Waals surface area contributed by atoms with E-state index in [1.165, 1.54) is 18.2 Å². The second kappa shape index (κ2) is 7.10. The molecule has 0 spiro atoms. The fraction of sp³-hybridized carbons (Fsp3) is 0.214. The first kappa shape index (κ1) is 20.6. The minimum Gasteiger partial charge on any atom is -0.455 e. The average Bonchev–Trinajstić information content (AvgIpc) is 2.97. The van der Waals surface area contributed by atoms with Crippen LogP contribution in [0.4, 0.5) is 30.7 Å². The zero-order valence-electron chi connectivity index (χ0n) is 12.2. The molecule has 0 radical (unpaired) electrons. The SMILES string of the molecule is FC(F)(F)C(F)(F)C(F)(F)N/N=C/c1ccc(-c2ccc(Br)c(Cl)c2)o1. The maximum absolute atomic E-state index is 13.0. The highest BCUT2D eigenvalue weighted by atomic mass is 79.9. The third-order valence-corrected chi connectivity index (χ3v) is 4.21. The van der Waals surface area contributed by atoms with Crippen molar-refractivity contribution in [3.8, 4) is 11.3 Å². The number of hydrogen-bond acceptors (Lipinski definition) is 3. The number of hydrogen-bond donors (Lipinski definition) is 1. The number of nitrogens with one attached hydrogen (secondary N) is 1. The quantitative estimate of drug-likeness (QED) is 0.251. The first-order chi connectivity index (χ1) is 11.8. The van der Waals surface area contributed by atoms with Crippen LogP contribution in [0.1, 0.15) is 5.76 Å². The number of furan rings is 1. The van der Waals surface area contributed by atoms with Crippen LogP contribution in [0.15, 0.2) is 44.3 Å². The summed E-state index contributed by atoms with van der Waals surface area (Å²) in [4.78, 5) is 0. The Morgan fingerprint density at radius 1 is 1.04 bits per heavy atom. The maximum Gasteiger partial charge on any atom is 0.462 e. The van der Waals surface area contributed by atoms with Crippen LogP contribution in [0.5, 0.6) is 0 Å². The summed E-state index contributed by atoms with van der Waals surface area (Å²) in [7, 11) is 0. The van der Waals surface area contributed by atoms with Gasteiger partial charge in [0, 0.05) is 10.0 Å². The van der Waals surface area contributed by atoms with Crippen molar-refractivity contribution < 1.29 is 35.2 Å². The van der Waals surface area contributed by atoms with Gasteiger partial charge in [-0.2, -0.15) is 35.8 Å². The average molecular weight is 468 g/mol. The molecule has 0 aliphatic carbocycles. The van der Waals surface area contributed by atoms with Gasteiger partial charge in [0.15, 0.2) is 0 Å². The molecule has 0 aliphatic heterocycles. The van der Waals surface area contributed by atoms with Crippen LogP contribution in [0.2, 0.25) is 5.02 Å². The van der Waals surface area contributed by atoms with Gasteiger partial charge in [0.1, 0.15) is 11.5 Å². The van der Waals surface area contributed by atoms with Gasteiger partial charge in [0.25, 0.3) is 0 Å². The summed E-state index contributed by atoms with van der Waals surface area (Å²) in [5, 5.41) is 3.07. The van der Waals surface area contributed by atoms with Crippen molar-refractivity contribution in [3.05, 3.63) is 45.6 Å². The Labute approximate surface area is 154 Å². The molecule has 0 unspecified atom stereocenters. The summed E-state index contributed by atoms with van der Waals surface area (Å²) >= 11 is 9.10. The van der Waals surface area contributed by atoms with Crippen LogP contribution < -0.4 is 5.43 Å². The van der Waals surface area contributed by atoms with Crippen molar-refractivity contribution in [3.63, 3.8) is 0 Å². The Morgan fingerprint density at radius 3 is 2.27 bits per heavy atom. The van der Waals surface area contributed by atoms with Gasteiger partial charge in [-0.15, -0.1) is 0 Å². The molecule has 0 saturated carbocycles. The lowest BCUT2D eigenvalue weighted by molar-refractivity contribution is -0.361. The molecule has 0 atom stereocenters. The lowest BCUT2D eigenvalue weighted by Gasteiger charge is -2.27. The highest BCUT2D eigenvalue weighted by molar-refractivity contribution is 9.10. The molecular formula is C14H7BrClF7N2O. The fourth-order valence-electron chi connectivity index (χ4n) is 1.65. The lowest BCUT2D eigenvalue weighted by Crippen LogP contribution is -2.58. The smallest absolute Gasteiger partial charge is 0.455 e. The van der Waals surface area contributed by atoms with Crippen molar-refractivity contribution >= 4 is 33.7 Å². The minimum absolute atomic E-state index is 0.169. The van der Waals surface area contributed by atoms with Crippen LogP contribution in [0, 0.1) is 0 Å². The summed E-state index contributed by atoms with van der Waals surface area (Å²) in [5.74, 6) is -6.23. The highest BCUT2D eigenvalue weighted by Gasteiger charge is 2.73. The summed E-state index contributed by atoms with van der Waals surface area (Å²) in [6.45, 7) is 0. The Hall–Kier alpha value is -1.75. The van der Waals surface area contributed by atoms with E-state index in [1.54, 1.807) is 12.1 Å². The first-order valence-electron chi connectivity index (χ1n) is 6.53. The van der Waals surface area contributed by atoms with E-state index in [0.717, 1.165) is 0 Å². The van der Waals surface area contributed by atoms with Crippen molar-refractivity contribution in [2.75, 3.05) is 0 Å². The molecule has 142 valence electrons. The van der Waals surface area contributed by atoms with E-state index in [-0.39, 0.29) is 11.5 Å². The molecule has 2 aromatic rings. The van der Waals surface area contributed by atoms with Crippen LogP contribution in [0.3, 0.4) is 0 Å². The highest BCUT2D eigenvalue weighted by Crippen LogP contribution is 2.45. The van der Waals surface area contributed by atoms with Gasteiger partial charge in [0.05, 0.1) is 11.2 Å². The molecule has 1 heterocycles. The van der Waals surface area contributed by atoms with Crippen molar-refractivity contribution in [2.45, 2.75) is 18.1 Å². The number of rotatable bonds is 5. The van der Waals surface area contributed by atoms with Crippen LogP contribution in [-0.4, -0.2) is 24.4 Å². The summed E-state index contributed by atoms with van der Waals surface area (Å²) in [6.07, 6.45) is -5.91. The Bertz CT molecular complexity index is 820. The lowest BCUT2D eigenvalue weighted by atomic mass is 10.2. The zero-order valence-corrected chi connectivity index (χ0v) is 14.6. The number of hydrazone groups is 1. The molecule has 0 amide bonds. The molecule has 1 aromatic heterocycles. The van der Waals surface area contributed by atoms with Crippen molar-refractivity contribution in [1.82, 2.24) is 5.43 Å². The summed E-state index contributed by atoms with van der Waals surface area (Å²) in [6, 6.07) is 1.78. The molecule has 1 N–H and O–H groups in total. The monoisotopic (exact) mass is 466 g/mol. The van der Waals surface area contributed by atoms with Crippen LogP contribution in [-0.2, 0) is 0 Å². The van der Waals surface area contributed by atoms with Crippen LogP contribution in [0.25, 0.3) is 11.3 Å². The summed E-state index contributed by atoms with van der Waals surface area (Å²) < 4.78 is 93.1. The molecule has 0 bridgehead atoms. The van der Waals surface area contributed by atoms with E-state index in [9.17, 15) is 30.7 Å². The zero-order chi connectivity index (χ0) is 19.8. The number of halogens is 9. The predicted molar refractivity (Wildman–Crippen MR) is 83.5 cm³/mol. The molecule has 3 nitrogen and oxygen atoms in total. The molecule has 12 heteroatoms.